The Hall–Kier alpha value is -1.09. The van der Waals surface area contributed by atoms with Gasteiger partial charge in [0.25, 0.3) is 0 Å². The summed E-state index contributed by atoms with van der Waals surface area (Å²) in [6, 6.07) is 5.97. The minimum atomic E-state index is -0.481. The average Bonchev–Trinajstić information content (AvgIpc) is 2.13. The van der Waals surface area contributed by atoms with Crippen LogP contribution in [0.4, 0.5) is 5.82 Å². The lowest BCUT2D eigenvalue weighted by Gasteiger charge is -2.46. The van der Waals surface area contributed by atoms with Crippen LogP contribution in [-0.2, 0) is 0 Å². The molecule has 0 aromatic carbocycles. The van der Waals surface area contributed by atoms with E-state index in [1.807, 2.05) is 32.0 Å². The molecule has 0 aliphatic carbocycles. The highest BCUT2D eigenvalue weighted by atomic mass is 16.3. The van der Waals surface area contributed by atoms with Crippen molar-refractivity contribution in [2.24, 2.45) is 0 Å². The Labute approximate surface area is 84.4 Å². The van der Waals surface area contributed by atoms with Crippen molar-refractivity contribution in [2.45, 2.75) is 25.9 Å². The van der Waals surface area contributed by atoms with Crippen LogP contribution >= 0.6 is 0 Å². The van der Waals surface area contributed by atoms with Gasteiger partial charge in [-0.15, -0.1) is 0 Å². The van der Waals surface area contributed by atoms with Crippen molar-refractivity contribution >= 4 is 5.82 Å². The lowest BCUT2D eigenvalue weighted by atomic mass is 9.91. The lowest BCUT2D eigenvalue weighted by molar-refractivity contribution is 0.00805. The van der Waals surface area contributed by atoms with E-state index >= 15 is 0 Å². The molecule has 2 rings (SSSR count). The molecule has 2 heterocycles. The van der Waals surface area contributed by atoms with Gasteiger partial charge in [-0.25, -0.2) is 4.98 Å². The number of pyridine rings is 1. The van der Waals surface area contributed by atoms with E-state index in [0.717, 1.165) is 17.9 Å². The zero-order valence-electron chi connectivity index (χ0n) is 8.70. The first kappa shape index (κ1) is 9.46. The molecule has 0 unspecified atom stereocenters. The van der Waals surface area contributed by atoms with Gasteiger partial charge < -0.3 is 10.0 Å². The Morgan fingerprint density at radius 2 is 2.21 bits per heavy atom. The molecule has 1 aliphatic heterocycles. The van der Waals surface area contributed by atoms with E-state index in [2.05, 4.69) is 9.88 Å². The predicted octanol–water partition coefficient (Wildman–Crippen LogP) is 1.35. The molecule has 1 aliphatic rings. The summed E-state index contributed by atoms with van der Waals surface area (Å²) in [6.45, 7) is 5.41. The number of hydrogen-bond acceptors (Lipinski definition) is 3. The van der Waals surface area contributed by atoms with Crippen LogP contribution in [0.1, 0.15) is 19.0 Å². The molecule has 1 aromatic rings. The summed E-state index contributed by atoms with van der Waals surface area (Å²) in [7, 11) is 0. The highest BCUT2D eigenvalue weighted by molar-refractivity contribution is 5.44. The summed E-state index contributed by atoms with van der Waals surface area (Å²) in [6.07, 6.45) is 0.815. The van der Waals surface area contributed by atoms with Crippen molar-refractivity contribution in [3.05, 3.63) is 23.9 Å². The van der Waals surface area contributed by atoms with Gasteiger partial charge in [-0.1, -0.05) is 13.0 Å². The normalized spacial score (nSPS) is 19.2. The third-order valence-electron chi connectivity index (χ3n) is 2.83. The number of aryl methyl sites for hydroxylation is 1. The SMILES string of the molecule is CCC1(O)CN(c2cccc(C)n2)C1. The van der Waals surface area contributed by atoms with Crippen LogP contribution < -0.4 is 4.90 Å². The molecule has 0 bridgehead atoms. The number of anilines is 1. The Kier molecular flexibility index (Phi) is 2.19. The molecule has 1 N–H and O–H groups in total. The van der Waals surface area contributed by atoms with E-state index in [-0.39, 0.29) is 0 Å². The standard InChI is InChI=1S/C11H16N2O/c1-3-11(14)7-13(8-11)10-6-4-5-9(2)12-10/h4-6,14H,3,7-8H2,1-2H3. The quantitative estimate of drug-likeness (QED) is 0.768. The number of aromatic nitrogens is 1. The number of β-amino-alcohol motifs (C(OH)–C–C–N with tert-alkyl or cyclic N) is 1. The van der Waals surface area contributed by atoms with Gasteiger partial charge in [0.15, 0.2) is 0 Å². The molecule has 1 saturated heterocycles. The predicted molar refractivity (Wildman–Crippen MR) is 56.4 cm³/mol. The highest BCUT2D eigenvalue weighted by Gasteiger charge is 2.39. The molecule has 0 amide bonds. The zero-order chi connectivity index (χ0) is 10.2. The van der Waals surface area contributed by atoms with Gasteiger partial charge in [0.2, 0.25) is 0 Å². The molecule has 76 valence electrons. The van der Waals surface area contributed by atoms with E-state index in [4.69, 9.17) is 0 Å². The highest BCUT2D eigenvalue weighted by Crippen LogP contribution is 2.28. The zero-order valence-corrected chi connectivity index (χ0v) is 8.70. The van der Waals surface area contributed by atoms with E-state index in [0.29, 0.717) is 13.1 Å². The molecule has 1 aromatic heterocycles. The molecule has 3 nitrogen and oxygen atoms in total. The Morgan fingerprint density at radius 1 is 1.50 bits per heavy atom. The Morgan fingerprint density at radius 3 is 2.79 bits per heavy atom. The first-order valence-corrected chi connectivity index (χ1v) is 5.04. The fourth-order valence-corrected chi connectivity index (χ4v) is 1.75. The molecule has 0 saturated carbocycles. The van der Waals surface area contributed by atoms with Gasteiger partial charge in [-0.2, -0.15) is 0 Å². The van der Waals surface area contributed by atoms with Gasteiger partial charge in [0, 0.05) is 18.8 Å². The second kappa shape index (κ2) is 3.24. The third-order valence-corrected chi connectivity index (χ3v) is 2.83. The van der Waals surface area contributed by atoms with Crippen molar-refractivity contribution in [1.29, 1.82) is 0 Å². The largest absolute Gasteiger partial charge is 0.386 e. The first-order valence-electron chi connectivity index (χ1n) is 5.04. The van der Waals surface area contributed by atoms with Crippen molar-refractivity contribution in [1.82, 2.24) is 4.98 Å². The van der Waals surface area contributed by atoms with Crippen molar-refractivity contribution in [3.8, 4) is 0 Å². The molecular formula is C11H16N2O. The summed E-state index contributed by atoms with van der Waals surface area (Å²) < 4.78 is 0. The van der Waals surface area contributed by atoms with Crippen molar-refractivity contribution in [2.75, 3.05) is 18.0 Å². The van der Waals surface area contributed by atoms with E-state index in [1.54, 1.807) is 0 Å². The minimum Gasteiger partial charge on any atom is -0.386 e. The fraction of sp³-hybridized carbons (Fsp3) is 0.545. The lowest BCUT2D eigenvalue weighted by Crippen LogP contribution is -2.61. The second-order valence-electron chi connectivity index (χ2n) is 4.07. The van der Waals surface area contributed by atoms with Crippen LogP contribution in [-0.4, -0.2) is 28.8 Å². The summed E-state index contributed by atoms with van der Waals surface area (Å²) >= 11 is 0. The monoisotopic (exact) mass is 192 g/mol. The number of aliphatic hydroxyl groups is 1. The summed E-state index contributed by atoms with van der Waals surface area (Å²) in [5, 5.41) is 9.85. The maximum Gasteiger partial charge on any atom is 0.128 e. The minimum absolute atomic E-state index is 0.481. The molecule has 0 radical (unpaired) electrons. The van der Waals surface area contributed by atoms with E-state index in [9.17, 15) is 5.11 Å². The van der Waals surface area contributed by atoms with Gasteiger partial charge in [0.1, 0.15) is 5.82 Å². The van der Waals surface area contributed by atoms with Crippen molar-refractivity contribution in [3.63, 3.8) is 0 Å². The molecule has 3 heteroatoms. The summed E-state index contributed by atoms with van der Waals surface area (Å²) in [4.78, 5) is 6.52. The van der Waals surface area contributed by atoms with Gasteiger partial charge in [-0.3, -0.25) is 0 Å². The van der Waals surface area contributed by atoms with Crippen LogP contribution in [0.2, 0.25) is 0 Å². The smallest absolute Gasteiger partial charge is 0.128 e. The molecule has 0 atom stereocenters. The first-order chi connectivity index (χ1) is 6.63. The average molecular weight is 192 g/mol. The molecule has 0 spiro atoms. The van der Waals surface area contributed by atoms with E-state index in [1.165, 1.54) is 0 Å². The van der Waals surface area contributed by atoms with E-state index < -0.39 is 5.60 Å². The molecular weight excluding hydrogens is 176 g/mol. The van der Waals surface area contributed by atoms with Gasteiger partial charge in [-0.05, 0) is 25.5 Å². The molecule has 1 fully saturated rings. The van der Waals surface area contributed by atoms with Crippen LogP contribution in [0.3, 0.4) is 0 Å². The number of rotatable bonds is 2. The number of hydrogen-bond donors (Lipinski definition) is 1. The van der Waals surface area contributed by atoms with Crippen LogP contribution in [0.25, 0.3) is 0 Å². The summed E-state index contributed by atoms with van der Waals surface area (Å²) in [5.74, 6) is 0.975. The number of nitrogens with zero attached hydrogens (tertiary/aromatic N) is 2. The second-order valence-corrected chi connectivity index (χ2v) is 4.07. The molecule has 14 heavy (non-hydrogen) atoms. The fourth-order valence-electron chi connectivity index (χ4n) is 1.75. The summed E-state index contributed by atoms with van der Waals surface area (Å²) in [5.41, 5.74) is 0.542. The van der Waals surface area contributed by atoms with Gasteiger partial charge >= 0.3 is 0 Å². The maximum atomic E-state index is 9.85. The van der Waals surface area contributed by atoms with Crippen molar-refractivity contribution < 1.29 is 5.11 Å². The van der Waals surface area contributed by atoms with Crippen LogP contribution in [0.15, 0.2) is 18.2 Å². The maximum absolute atomic E-state index is 9.85. The van der Waals surface area contributed by atoms with Crippen LogP contribution in [0.5, 0.6) is 0 Å². The van der Waals surface area contributed by atoms with Gasteiger partial charge in [0.05, 0.1) is 5.60 Å². The third kappa shape index (κ3) is 1.60. The Bertz CT molecular complexity index is 332. The van der Waals surface area contributed by atoms with Crippen LogP contribution in [0, 0.1) is 6.92 Å². The Balaban J connectivity index is 2.06. The topological polar surface area (TPSA) is 36.4 Å².